The summed E-state index contributed by atoms with van der Waals surface area (Å²) in [4.78, 5) is 1.43. The molecule has 1 aliphatic rings. The lowest BCUT2D eigenvalue weighted by Crippen LogP contribution is -2.29. The molecular weight excluding hydrogens is 202 g/mol. The lowest BCUT2D eigenvalue weighted by molar-refractivity contribution is 0.593. The number of benzene rings is 1. The van der Waals surface area contributed by atoms with Crippen LogP contribution in [0.1, 0.15) is 18.4 Å². The summed E-state index contributed by atoms with van der Waals surface area (Å²) in [6, 6.07) is 8.81. The van der Waals surface area contributed by atoms with Gasteiger partial charge in [-0.25, -0.2) is 0 Å². The molecule has 2 heteroatoms. The molecule has 78 valence electrons. The number of nitrogens with one attached hydrogen (secondary N) is 1. The normalized spacial score (nSPS) is 20.7. The number of hydrogen-bond donors (Lipinski definition) is 1. The molecule has 0 bridgehead atoms. The van der Waals surface area contributed by atoms with E-state index in [4.69, 9.17) is 6.42 Å². The summed E-state index contributed by atoms with van der Waals surface area (Å²) in [6.45, 7) is 3.00. The van der Waals surface area contributed by atoms with Gasteiger partial charge in [-0.3, -0.25) is 0 Å². The molecule has 0 spiro atoms. The van der Waals surface area contributed by atoms with Crippen molar-refractivity contribution in [3.8, 4) is 12.3 Å². The molecule has 15 heavy (non-hydrogen) atoms. The van der Waals surface area contributed by atoms with Gasteiger partial charge in [0.25, 0.3) is 0 Å². The fourth-order valence-corrected chi connectivity index (χ4v) is 3.03. The average molecular weight is 217 g/mol. The quantitative estimate of drug-likeness (QED) is 0.781. The van der Waals surface area contributed by atoms with Crippen molar-refractivity contribution >= 4 is 11.8 Å². The van der Waals surface area contributed by atoms with Gasteiger partial charge in [-0.1, -0.05) is 24.1 Å². The molecule has 0 fully saturated rings. The van der Waals surface area contributed by atoms with Gasteiger partial charge in [0.1, 0.15) is 0 Å². The zero-order chi connectivity index (χ0) is 10.7. The summed E-state index contributed by atoms with van der Waals surface area (Å²) >= 11 is 1.94. The van der Waals surface area contributed by atoms with Crippen molar-refractivity contribution < 1.29 is 0 Å². The predicted octanol–water partition coefficient (Wildman–Crippen LogP) is 2.49. The molecule has 1 aromatic carbocycles. The largest absolute Gasteiger partial charge is 0.303 e. The van der Waals surface area contributed by atoms with Gasteiger partial charge in [0, 0.05) is 23.1 Å². The van der Waals surface area contributed by atoms with Gasteiger partial charge in [-0.05, 0) is 18.6 Å². The number of thioether (sulfide) groups is 1. The summed E-state index contributed by atoms with van der Waals surface area (Å²) in [5.41, 5.74) is 1.47. The van der Waals surface area contributed by atoms with E-state index in [9.17, 15) is 0 Å². The van der Waals surface area contributed by atoms with E-state index in [1.54, 1.807) is 0 Å². The van der Waals surface area contributed by atoms with Crippen molar-refractivity contribution in [2.45, 2.75) is 23.8 Å². The molecule has 0 aliphatic carbocycles. The van der Waals surface area contributed by atoms with Gasteiger partial charge in [0.2, 0.25) is 0 Å². The third kappa shape index (κ3) is 2.37. The molecule has 1 N–H and O–H groups in total. The lowest BCUT2D eigenvalue weighted by atomic mass is 10.0. The summed E-state index contributed by atoms with van der Waals surface area (Å²) in [6.07, 6.45) is 5.33. The van der Waals surface area contributed by atoms with Crippen molar-refractivity contribution in [3.05, 3.63) is 29.8 Å². The van der Waals surface area contributed by atoms with Crippen LogP contribution in [0.5, 0.6) is 0 Å². The highest BCUT2D eigenvalue weighted by molar-refractivity contribution is 7.99. The van der Waals surface area contributed by atoms with E-state index in [0.717, 1.165) is 6.54 Å². The van der Waals surface area contributed by atoms with Crippen molar-refractivity contribution in [2.24, 2.45) is 0 Å². The Hall–Kier alpha value is -0.910. The molecule has 2 atom stereocenters. The van der Waals surface area contributed by atoms with E-state index < -0.39 is 0 Å². The first-order valence-corrected chi connectivity index (χ1v) is 6.21. The Bertz CT molecular complexity index is 380. The maximum absolute atomic E-state index is 5.33. The molecule has 0 aromatic heterocycles. The Kier molecular flexibility index (Phi) is 3.35. The van der Waals surface area contributed by atoms with E-state index >= 15 is 0 Å². The van der Waals surface area contributed by atoms with Crippen LogP contribution in [0.2, 0.25) is 0 Å². The topological polar surface area (TPSA) is 12.0 Å². The van der Waals surface area contributed by atoms with Gasteiger partial charge in [-0.2, -0.15) is 0 Å². The van der Waals surface area contributed by atoms with Crippen LogP contribution in [0, 0.1) is 12.3 Å². The van der Waals surface area contributed by atoms with Crippen LogP contribution < -0.4 is 5.32 Å². The number of hydrogen-bond acceptors (Lipinski definition) is 2. The zero-order valence-corrected chi connectivity index (χ0v) is 9.68. The molecule has 1 nitrogen and oxygen atoms in total. The van der Waals surface area contributed by atoms with Crippen LogP contribution >= 0.6 is 11.8 Å². The van der Waals surface area contributed by atoms with Crippen LogP contribution in [0.15, 0.2) is 29.2 Å². The highest BCUT2D eigenvalue weighted by Gasteiger charge is 2.22. The Morgan fingerprint density at radius 1 is 1.60 bits per heavy atom. The van der Waals surface area contributed by atoms with Crippen molar-refractivity contribution in [1.82, 2.24) is 5.32 Å². The maximum atomic E-state index is 5.33. The average Bonchev–Trinajstić information content (AvgIpc) is 2.69. The number of fused-ring (bicyclic) bond motifs is 1. The predicted molar refractivity (Wildman–Crippen MR) is 66.2 cm³/mol. The Labute approximate surface area is 95.7 Å². The number of terminal acetylenes is 1. The summed E-state index contributed by atoms with van der Waals surface area (Å²) in [7, 11) is 0. The molecule has 0 radical (unpaired) electrons. The number of rotatable bonds is 3. The Morgan fingerprint density at radius 2 is 2.40 bits per heavy atom. The van der Waals surface area contributed by atoms with Gasteiger partial charge < -0.3 is 5.32 Å². The van der Waals surface area contributed by atoms with Gasteiger partial charge in [-0.15, -0.1) is 18.2 Å². The first kappa shape index (κ1) is 10.6. The van der Waals surface area contributed by atoms with Crippen LogP contribution in [-0.2, 0) is 0 Å². The third-order valence-corrected chi connectivity index (χ3v) is 3.97. The Balaban J connectivity index is 2.00. The second kappa shape index (κ2) is 4.74. The second-order valence-electron chi connectivity index (χ2n) is 3.84. The molecule has 2 unspecified atom stereocenters. The molecular formula is C13H15NS. The molecule has 0 saturated heterocycles. The minimum atomic E-state index is 0.169. The second-order valence-corrected chi connectivity index (χ2v) is 4.90. The van der Waals surface area contributed by atoms with Crippen molar-refractivity contribution in [3.63, 3.8) is 0 Å². The monoisotopic (exact) mass is 217 g/mol. The van der Waals surface area contributed by atoms with E-state index in [2.05, 4.69) is 35.5 Å². The lowest BCUT2D eigenvalue weighted by Gasteiger charge is -2.13. The molecule has 1 aliphatic heterocycles. The van der Waals surface area contributed by atoms with E-state index in [1.807, 2.05) is 18.7 Å². The van der Waals surface area contributed by atoms with E-state index in [1.165, 1.54) is 16.2 Å². The fourth-order valence-electron chi connectivity index (χ4n) is 1.78. The highest BCUT2D eigenvalue weighted by atomic mass is 32.2. The highest BCUT2D eigenvalue weighted by Crippen LogP contribution is 2.38. The van der Waals surface area contributed by atoms with Crippen LogP contribution in [0.4, 0.5) is 0 Å². The van der Waals surface area contributed by atoms with E-state index in [0.29, 0.717) is 5.92 Å². The molecule has 0 saturated carbocycles. The molecule has 2 rings (SSSR count). The van der Waals surface area contributed by atoms with Crippen LogP contribution in [-0.4, -0.2) is 18.3 Å². The molecule has 0 amide bonds. The van der Waals surface area contributed by atoms with Crippen LogP contribution in [0.3, 0.4) is 0 Å². The minimum Gasteiger partial charge on any atom is -0.303 e. The van der Waals surface area contributed by atoms with Gasteiger partial charge >= 0.3 is 0 Å². The summed E-state index contributed by atoms with van der Waals surface area (Å²) in [5, 5.41) is 3.37. The summed E-state index contributed by atoms with van der Waals surface area (Å²) in [5.74, 6) is 4.48. The van der Waals surface area contributed by atoms with Crippen LogP contribution in [0.25, 0.3) is 0 Å². The first-order valence-electron chi connectivity index (χ1n) is 5.22. The van der Waals surface area contributed by atoms with Gasteiger partial charge in [0.15, 0.2) is 0 Å². The third-order valence-electron chi connectivity index (χ3n) is 2.72. The SMILES string of the molecule is C#CC(C)NCC1CSc2ccccc21. The molecule has 1 aromatic rings. The standard InChI is InChI=1S/C13H15NS/c1-3-10(2)14-8-11-9-15-13-7-5-4-6-12(11)13/h1,4-7,10-11,14H,8-9H2,2H3. The Morgan fingerprint density at radius 3 is 3.20 bits per heavy atom. The maximum Gasteiger partial charge on any atom is 0.0658 e. The van der Waals surface area contributed by atoms with E-state index in [-0.39, 0.29) is 6.04 Å². The minimum absolute atomic E-state index is 0.169. The fraction of sp³-hybridized carbons (Fsp3) is 0.385. The molecule has 1 heterocycles. The smallest absolute Gasteiger partial charge is 0.0658 e. The summed E-state index contributed by atoms with van der Waals surface area (Å²) < 4.78 is 0. The van der Waals surface area contributed by atoms with Crippen molar-refractivity contribution in [1.29, 1.82) is 0 Å². The van der Waals surface area contributed by atoms with Crippen molar-refractivity contribution in [2.75, 3.05) is 12.3 Å². The van der Waals surface area contributed by atoms with Gasteiger partial charge in [0.05, 0.1) is 6.04 Å². The zero-order valence-electron chi connectivity index (χ0n) is 8.86. The first-order chi connectivity index (χ1) is 7.31.